The van der Waals surface area contributed by atoms with Crippen molar-refractivity contribution >= 4 is 27.3 Å². The van der Waals surface area contributed by atoms with Crippen LogP contribution in [-0.2, 0) is 14.6 Å². The Balaban J connectivity index is 1.70. The second kappa shape index (κ2) is 8.22. The lowest BCUT2D eigenvalue weighted by atomic mass is 10.1. The molecule has 1 aliphatic heterocycles. The number of ether oxygens (including phenoxy) is 1. The highest BCUT2D eigenvalue weighted by atomic mass is 32.2. The van der Waals surface area contributed by atoms with Gasteiger partial charge in [-0.1, -0.05) is 18.2 Å². The van der Waals surface area contributed by atoms with Crippen LogP contribution >= 0.6 is 0 Å². The molecule has 0 amide bonds. The van der Waals surface area contributed by atoms with Crippen LogP contribution in [0.5, 0.6) is 0 Å². The van der Waals surface area contributed by atoms with Crippen LogP contribution in [0.15, 0.2) is 58.3 Å². The normalized spacial score (nSPS) is 15.2. The number of pyridine rings is 1. The first-order chi connectivity index (χ1) is 14.0. The SMILES string of the molecule is Cc1cc(Nc2cc(S(=O)(=O)c3ccccc3)cc(NC3CCOCC3)n2)n[nH]1. The van der Waals surface area contributed by atoms with Gasteiger partial charge in [-0.3, -0.25) is 5.10 Å². The lowest BCUT2D eigenvalue weighted by Crippen LogP contribution is -2.28. The van der Waals surface area contributed by atoms with Gasteiger partial charge in [0.05, 0.1) is 9.79 Å². The van der Waals surface area contributed by atoms with Gasteiger partial charge in [0.15, 0.2) is 5.82 Å². The molecular weight excluding hydrogens is 390 g/mol. The van der Waals surface area contributed by atoms with Crippen LogP contribution in [0.1, 0.15) is 18.5 Å². The molecular formula is C20H23N5O3S. The largest absolute Gasteiger partial charge is 0.381 e. The monoisotopic (exact) mass is 413 g/mol. The van der Waals surface area contributed by atoms with Gasteiger partial charge in [0.1, 0.15) is 11.6 Å². The standard InChI is InChI=1S/C20H23N5O3S/c1-14-11-20(25-24-14)23-19-13-17(29(26,27)16-5-3-2-4-6-16)12-18(22-19)21-15-7-9-28-10-8-15/h2-6,11-13,15H,7-10H2,1H3,(H3,21,22,23,24,25). The maximum Gasteiger partial charge on any atom is 0.206 e. The van der Waals surface area contributed by atoms with E-state index in [1.165, 1.54) is 6.07 Å². The van der Waals surface area contributed by atoms with Crippen molar-refractivity contribution in [2.75, 3.05) is 23.8 Å². The van der Waals surface area contributed by atoms with E-state index in [1.807, 2.05) is 13.0 Å². The topological polar surface area (TPSA) is 109 Å². The zero-order valence-corrected chi connectivity index (χ0v) is 16.9. The van der Waals surface area contributed by atoms with E-state index in [0.29, 0.717) is 30.7 Å². The van der Waals surface area contributed by atoms with Crippen molar-refractivity contribution in [2.45, 2.75) is 35.6 Å². The molecule has 1 aromatic carbocycles. The van der Waals surface area contributed by atoms with Gasteiger partial charge in [-0.15, -0.1) is 0 Å². The van der Waals surface area contributed by atoms with Crippen molar-refractivity contribution in [3.63, 3.8) is 0 Å². The molecule has 9 heteroatoms. The van der Waals surface area contributed by atoms with Crippen LogP contribution in [0.3, 0.4) is 0 Å². The first kappa shape index (κ1) is 19.4. The summed E-state index contributed by atoms with van der Waals surface area (Å²) in [6.07, 6.45) is 1.69. The number of hydrogen-bond acceptors (Lipinski definition) is 7. The smallest absolute Gasteiger partial charge is 0.206 e. The lowest BCUT2D eigenvalue weighted by molar-refractivity contribution is 0.0904. The maximum atomic E-state index is 13.2. The summed E-state index contributed by atoms with van der Waals surface area (Å²) in [5, 5.41) is 13.4. The number of sulfone groups is 1. The van der Waals surface area contributed by atoms with Gasteiger partial charge >= 0.3 is 0 Å². The molecule has 4 rings (SSSR count). The van der Waals surface area contributed by atoms with E-state index in [1.54, 1.807) is 36.4 Å². The molecule has 0 spiro atoms. The Morgan fingerprint density at radius 2 is 1.72 bits per heavy atom. The fourth-order valence-corrected chi connectivity index (χ4v) is 4.52. The summed E-state index contributed by atoms with van der Waals surface area (Å²) in [4.78, 5) is 4.97. The van der Waals surface area contributed by atoms with Crippen LogP contribution in [0.25, 0.3) is 0 Å². The minimum absolute atomic E-state index is 0.169. The molecule has 152 valence electrons. The molecule has 3 aromatic rings. The fourth-order valence-electron chi connectivity index (χ4n) is 3.20. The highest BCUT2D eigenvalue weighted by Gasteiger charge is 2.21. The molecule has 2 aromatic heterocycles. The van der Waals surface area contributed by atoms with E-state index in [-0.39, 0.29) is 15.8 Å². The van der Waals surface area contributed by atoms with E-state index >= 15 is 0 Å². The Hall–Kier alpha value is -2.91. The van der Waals surface area contributed by atoms with Crippen molar-refractivity contribution in [1.29, 1.82) is 0 Å². The predicted octanol–water partition coefficient (Wildman–Crippen LogP) is 3.28. The molecule has 8 nitrogen and oxygen atoms in total. The number of benzene rings is 1. The molecule has 1 fully saturated rings. The average molecular weight is 414 g/mol. The zero-order chi connectivity index (χ0) is 20.3. The first-order valence-electron chi connectivity index (χ1n) is 9.46. The van der Waals surface area contributed by atoms with Crippen LogP contribution in [0.4, 0.5) is 17.5 Å². The summed E-state index contributed by atoms with van der Waals surface area (Å²) in [6.45, 7) is 3.24. The summed E-state index contributed by atoms with van der Waals surface area (Å²) in [5.41, 5.74) is 0.890. The van der Waals surface area contributed by atoms with Gasteiger partial charge in [0.2, 0.25) is 9.84 Å². The van der Waals surface area contributed by atoms with Crippen molar-refractivity contribution < 1.29 is 13.2 Å². The van der Waals surface area contributed by atoms with E-state index in [9.17, 15) is 8.42 Å². The highest BCUT2D eigenvalue weighted by Crippen LogP contribution is 2.27. The molecule has 3 heterocycles. The highest BCUT2D eigenvalue weighted by molar-refractivity contribution is 7.91. The Morgan fingerprint density at radius 3 is 2.41 bits per heavy atom. The third-order valence-corrected chi connectivity index (χ3v) is 6.45. The Kier molecular flexibility index (Phi) is 5.50. The molecule has 3 N–H and O–H groups in total. The van der Waals surface area contributed by atoms with Crippen LogP contribution in [0, 0.1) is 6.92 Å². The Morgan fingerprint density at radius 1 is 1.00 bits per heavy atom. The second-order valence-corrected chi connectivity index (χ2v) is 8.93. The van der Waals surface area contributed by atoms with E-state index in [4.69, 9.17) is 4.74 Å². The number of anilines is 3. The number of H-pyrrole nitrogens is 1. The molecule has 1 aliphatic rings. The number of rotatable bonds is 6. The van der Waals surface area contributed by atoms with Crippen LogP contribution < -0.4 is 10.6 Å². The third kappa shape index (κ3) is 4.57. The van der Waals surface area contributed by atoms with Gasteiger partial charge in [-0.25, -0.2) is 13.4 Å². The first-order valence-corrected chi connectivity index (χ1v) is 10.9. The summed E-state index contributed by atoms with van der Waals surface area (Å²) < 4.78 is 31.7. The molecule has 0 radical (unpaired) electrons. The van der Waals surface area contributed by atoms with Gasteiger partial charge in [0, 0.05) is 37.1 Å². The third-order valence-electron chi connectivity index (χ3n) is 4.70. The van der Waals surface area contributed by atoms with Crippen molar-refractivity contribution in [1.82, 2.24) is 15.2 Å². The number of aryl methyl sites for hydroxylation is 1. The number of aromatic amines is 1. The van der Waals surface area contributed by atoms with Gasteiger partial charge in [-0.05, 0) is 38.0 Å². The van der Waals surface area contributed by atoms with Crippen molar-refractivity contribution in [3.05, 3.63) is 54.2 Å². The molecule has 0 unspecified atom stereocenters. The number of nitrogens with one attached hydrogen (secondary N) is 3. The second-order valence-electron chi connectivity index (χ2n) is 6.98. The average Bonchev–Trinajstić information content (AvgIpc) is 3.14. The quantitative estimate of drug-likeness (QED) is 0.569. The Labute approximate surface area is 169 Å². The predicted molar refractivity (Wildman–Crippen MR) is 110 cm³/mol. The minimum atomic E-state index is -3.68. The van der Waals surface area contributed by atoms with Gasteiger partial charge < -0.3 is 15.4 Å². The number of aromatic nitrogens is 3. The lowest BCUT2D eigenvalue weighted by Gasteiger charge is -2.24. The minimum Gasteiger partial charge on any atom is -0.381 e. The number of hydrogen-bond donors (Lipinski definition) is 3. The van der Waals surface area contributed by atoms with E-state index in [2.05, 4.69) is 25.8 Å². The summed E-state index contributed by atoms with van der Waals surface area (Å²) in [7, 11) is -3.68. The van der Waals surface area contributed by atoms with E-state index in [0.717, 1.165) is 18.5 Å². The Bertz CT molecular complexity index is 1080. The van der Waals surface area contributed by atoms with Crippen LogP contribution in [0.2, 0.25) is 0 Å². The van der Waals surface area contributed by atoms with Gasteiger partial charge in [-0.2, -0.15) is 5.10 Å². The van der Waals surface area contributed by atoms with Crippen molar-refractivity contribution in [2.24, 2.45) is 0 Å². The summed E-state index contributed by atoms with van der Waals surface area (Å²) in [5.74, 6) is 1.48. The summed E-state index contributed by atoms with van der Waals surface area (Å²) in [6, 6.07) is 13.5. The molecule has 0 saturated carbocycles. The molecule has 0 aliphatic carbocycles. The molecule has 0 atom stereocenters. The summed E-state index contributed by atoms with van der Waals surface area (Å²) >= 11 is 0. The van der Waals surface area contributed by atoms with E-state index < -0.39 is 9.84 Å². The molecule has 1 saturated heterocycles. The molecule has 29 heavy (non-hydrogen) atoms. The fraction of sp³-hybridized carbons (Fsp3) is 0.300. The maximum absolute atomic E-state index is 13.2. The van der Waals surface area contributed by atoms with Crippen LogP contribution in [-0.4, -0.2) is 42.9 Å². The van der Waals surface area contributed by atoms with Crippen molar-refractivity contribution in [3.8, 4) is 0 Å². The van der Waals surface area contributed by atoms with Gasteiger partial charge in [0.25, 0.3) is 0 Å². The number of nitrogens with zero attached hydrogens (tertiary/aromatic N) is 2. The molecule has 0 bridgehead atoms. The zero-order valence-electron chi connectivity index (χ0n) is 16.1.